The van der Waals surface area contributed by atoms with Crippen molar-refractivity contribution in [3.63, 3.8) is 0 Å². The Morgan fingerprint density at radius 1 is 1.38 bits per heavy atom. The van der Waals surface area contributed by atoms with E-state index in [4.69, 9.17) is 10.5 Å². The SMILES string of the molecule is COc1ccccc1-n1cnnc1CCN. The topological polar surface area (TPSA) is 66.0 Å². The minimum absolute atomic E-state index is 0.549. The van der Waals surface area contributed by atoms with Gasteiger partial charge >= 0.3 is 0 Å². The lowest BCUT2D eigenvalue weighted by molar-refractivity contribution is 0.412. The molecule has 2 rings (SSSR count). The lowest BCUT2D eigenvalue weighted by Gasteiger charge is -2.10. The molecule has 2 aromatic rings. The number of rotatable bonds is 4. The summed E-state index contributed by atoms with van der Waals surface area (Å²) in [6.45, 7) is 0.549. The first-order valence-electron chi connectivity index (χ1n) is 5.09. The Balaban J connectivity index is 2.45. The molecule has 1 heterocycles. The van der Waals surface area contributed by atoms with Gasteiger partial charge < -0.3 is 10.5 Å². The Morgan fingerprint density at radius 3 is 2.94 bits per heavy atom. The molecule has 2 N–H and O–H groups in total. The molecule has 0 saturated heterocycles. The number of hydrogen-bond acceptors (Lipinski definition) is 4. The van der Waals surface area contributed by atoms with Gasteiger partial charge in [-0.2, -0.15) is 0 Å². The molecule has 0 aliphatic heterocycles. The second-order valence-electron chi connectivity index (χ2n) is 3.33. The number of methoxy groups -OCH3 is 1. The molecule has 0 aliphatic carbocycles. The monoisotopic (exact) mass is 218 g/mol. The van der Waals surface area contributed by atoms with Gasteiger partial charge in [0.25, 0.3) is 0 Å². The molecule has 5 nitrogen and oxygen atoms in total. The molecule has 0 atom stereocenters. The third-order valence-corrected chi connectivity index (χ3v) is 2.33. The van der Waals surface area contributed by atoms with Crippen molar-refractivity contribution >= 4 is 0 Å². The molecular weight excluding hydrogens is 204 g/mol. The molecule has 0 saturated carbocycles. The van der Waals surface area contributed by atoms with Crippen LogP contribution in [0.1, 0.15) is 5.82 Å². The molecule has 0 aliphatic rings. The third-order valence-electron chi connectivity index (χ3n) is 2.33. The van der Waals surface area contributed by atoms with E-state index in [1.807, 2.05) is 28.8 Å². The van der Waals surface area contributed by atoms with Crippen LogP contribution in [0.4, 0.5) is 0 Å². The van der Waals surface area contributed by atoms with Crippen LogP contribution in [0, 0.1) is 0 Å². The van der Waals surface area contributed by atoms with Crippen LogP contribution in [-0.2, 0) is 6.42 Å². The van der Waals surface area contributed by atoms with Gasteiger partial charge in [0.2, 0.25) is 0 Å². The summed E-state index contributed by atoms with van der Waals surface area (Å²) < 4.78 is 7.19. The summed E-state index contributed by atoms with van der Waals surface area (Å²) in [5.74, 6) is 1.63. The van der Waals surface area contributed by atoms with Crippen molar-refractivity contribution in [1.82, 2.24) is 14.8 Å². The highest BCUT2D eigenvalue weighted by atomic mass is 16.5. The van der Waals surface area contributed by atoms with E-state index in [0.29, 0.717) is 13.0 Å². The van der Waals surface area contributed by atoms with E-state index in [1.54, 1.807) is 13.4 Å². The fourth-order valence-corrected chi connectivity index (χ4v) is 1.59. The zero-order valence-electron chi connectivity index (χ0n) is 9.13. The van der Waals surface area contributed by atoms with Crippen molar-refractivity contribution in [3.05, 3.63) is 36.4 Å². The Kier molecular flexibility index (Phi) is 3.16. The van der Waals surface area contributed by atoms with Gasteiger partial charge in [-0.05, 0) is 18.7 Å². The van der Waals surface area contributed by atoms with Crippen molar-refractivity contribution in [2.45, 2.75) is 6.42 Å². The minimum atomic E-state index is 0.549. The van der Waals surface area contributed by atoms with Gasteiger partial charge in [0.05, 0.1) is 12.8 Å². The minimum Gasteiger partial charge on any atom is -0.495 e. The first-order valence-corrected chi connectivity index (χ1v) is 5.09. The van der Waals surface area contributed by atoms with Crippen molar-refractivity contribution in [2.75, 3.05) is 13.7 Å². The van der Waals surface area contributed by atoms with E-state index in [0.717, 1.165) is 17.3 Å². The summed E-state index contributed by atoms with van der Waals surface area (Å²) in [7, 11) is 1.64. The van der Waals surface area contributed by atoms with E-state index < -0.39 is 0 Å². The van der Waals surface area contributed by atoms with Crippen LogP contribution in [0.25, 0.3) is 5.69 Å². The predicted molar refractivity (Wildman–Crippen MR) is 60.7 cm³/mol. The Hall–Kier alpha value is -1.88. The van der Waals surface area contributed by atoms with Crippen molar-refractivity contribution < 1.29 is 4.74 Å². The Labute approximate surface area is 93.9 Å². The van der Waals surface area contributed by atoms with E-state index >= 15 is 0 Å². The molecule has 1 aromatic carbocycles. The summed E-state index contributed by atoms with van der Waals surface area (Å²) in [6, 6.07) is 7.74. The van der Waals surface area contributed by atoms with Gasteiger partial charge in [0.15, 0.2) is 0 Å². The Bertz CT molecular complexity index is 467. The molecule has 84 valence electrons. The van der Waals surface area contributed by atoms with E-state index in [-0.39, 0.29) is 0 Å². The van der Waals surface area contributed by atoms with Crippen LogP contribution in [0.3, 0.4) is 0 Å². The molecule has 0 amide bonds. The fourth-order valence-electron chi connectivity index (χ4n) is 1.59. The summed E-state index contributed by atoms with van der Waals surface area (Å²) in [5.41, 5.74) is 6.45. The number of nitrogens with two attached hydrogens (primary N) is 1. The zero-order valence-corrected chi connectivity index (χ0v) is 9.13. The van der Waals surface area contributed by atoms with Gasteiger partial charge in [0.1, 0.15) is 17.9 Å². The van der Waals surface area contributed by atoms with Gasteiger partial charge in [-0.3, -0.25) is 4.57 Å². The maximum absolute atomic E-state index is 5.52. The van der Waals surface area contributed by atoms with Gasteiger partial charge in [-0.15, -0.1) is 10.2 Å². The fraction of sp³-hybridized carbons (Fsp3) is 0.273. The maximum Gasteiger partial charge on any atom is 0.142 e. The van der Waals surface area contributed by atoms with Crippen LogP contribution in [0.15, 0.2) is 30.6 Å². The summed E-state index contributed by atoms with van der Waals surface area (Å²) >= 11 is 0. The van der Waals surface area contributed by atoms with Gasteiger partial charge in [0, 0.05) is 6.42 Å². The van der Waals surface area contributed by atoms with Crippen LogP contribution in [0.2, 0.25) is 0 Å². The average molecular weight is 218 g/mol. The largest absolute Gasteiger partial charge is 0.495 e. The van der Waals surface area contributed by atoms with Gasteiger partial charge in [-0.1, -0.05) is 12.1 Å². The number of benzene rings is 1. The number of aromatic nitrogens is 3. The van der Waals surface area contributed by atoms with Crippen molar-refractivity contribution in [1.29, 1.82) is 0 Å². The summed E-state index contributed by atoms with van der Waals surface area (Å²) in [4.78, 5) is 0. The molecular formula is C11H14N4O. The van der Waals surface area contributed by atoms with E-state index in [1.165, 1.54) is 0 Å². The quantitative estimate of drug-likeness (QED) is 0.823. The molecule has 1 aromatic heterocycles. The van der Waals surface area contributed by atoms with E-state index in [9.17, 15) is 0 Å². The molecule has 0 bridgehead atoms. The highest BCUT2D eigenvalue weighted by Crippen LogP contribution is 2.22. The first kappa shape index (κ1) is 10.6. The number of para-hydroxylation sites is 2. The standard InChI is InChI=1S/C11H14N4O/c1-16-10-5-3-2-4-9(10)15-8-13-14-11(15)6-7-12/h2-5,8H,6-7,12H2,1H3. The molecule has 0 unspecified atom stereocenters. The highest BCUT2D eigenvalue weighted by molar-refractivity contribution is 5.46. The first-order chi connectivity index (χ1) is 7.86. The van der Waals surface area contributed by atoms with Crippen molar-refractivity contribution in [2.24, 2.45) is 5.73 Å². The van der Waals surface area contributed by atoms with E-state index in [2.05, 4.69) is 10.2 Å². The smallest absolute Gasteiger partial charge is 0.142 e. The number of hydrogen-bond donors (Lipinski definition) is 1. The van der Waals surface area contributed by atoms with Crippen LogP contribution < -0.4 is 10.5 Å². The average Bonchev–Trinajstić information content (AvgIpc) is 2.77. The molecule has 0 radical (unpaired) electrons. The molecule has 0 fully saturated rings. The molecule has 5 heteroatoms. The normalized spacial score (nSPS) is 10.4. The lowest BCUT2D eigenvalue weighted by atomic mass is 10.3. The predicted octanol–water partition coefficient (Wildman–Crippen LogP) is 0.777. The molecule has 16 heavy (non-hydrogen) atoms. The van der Waals surface area contributed by atoms with Gasteiger partial charge in [-0.25, -0.2) is 0 Å². The Morgan fingerprint density at radius 2 is 2.19 bits per heavy atom. The number of ether oxygens (including phenoxy) is 1. The second kappa shape index (κ2) is 4.76. The summed E-state index contributed by atoms with van der Waals surface area (Å²) in [5, 5.41) is 7.93. The zero-order chi connectivity index (χ0) is 11.4. The highest BCUT2D eigenvalue weighted by Gasteiger charge is 2.09. The second-order valence-corrected chi connectivity index (χ2v) is 3.33. The molecule has 0 spiro atoms. The summed E-state index contributed by atoms with van der Waals surface area (Å²) in [6.07, 6.45) is 2.36. The maximum atomic E-state index is 5.52. The lowest BCUT2D eigenvalue weighted by Crippen LogP contribution is -2.09. The van der Waals surface area contributed by atoms with Crippen LogP contribution in [-0.4, -0.2) is 28.4 Å². The van der Waals surface area contributed by atoms with Crippen LogP contribution in [0.5, 0.6) is 5.75 Å². The third kappa shape index (κ3) is 1.90. The van der Waals surface area contributed by atoms with Crippen molar-refractivity contribution in [3.8, 4) is 11.4 Å². The van der Waals surface area contributed by atoms with Crippen LogP contribution >= 0.6 is 0 Å². The number of nitrogens with zero attached hydrogens (tertiary/aromatic N) is 3.